The third-order valence-corrected chi connectivity index (χ3v) is 3.79. The second-order valence-electron chi connectivity index (χ2n) is 4.64. The SMILES string of the molecule is CNC(C)c1csc(N(C)CCCN(C)C)n1. The van der Waals surface area contributed by atoms with Crippen LogP contribution in [-0.2, 0) is 0 Å². The lowest BCUT2D eigenvalue weighted by molar-refractivity contribution is 0.401. The first kappa shape index (κ1) is 14.4. The molecule has 0 fully saturated rings. The van der Waals surface area contributed by atoms with E-state index >= 15 is 0 Å². The van der Waals surface area contributed by atoms with E-state index in [1.165, 1.54) is 6.42 Å². The van der Waals surface area contributed by atoms with Crippen LogP contribution in [0.3, 0.4) is 0 Å². The number of anilines is 1. The Morgan fingerprint density at radius 1 is 1.35 bits per heavy atom. The van der Waals surface area contributed by atoms with Gasteiger partial charge in [-0.25, -0.2) is 4.98 Å². The smallest absolute Gasteiger partial charge is 0.185 e. The van der Waals surface area contributed by atoms with Gasteiger partial charge >= 0.3 is 0 Å². The van der Waals surface area contributed by atoms with Crippen LogP contribution in [-0.4, -0.2) is 51.2 Å². The lowest BCUT2D eigenvalue weighted by atomic mass is 10.3. The maximum Gasteiger partial charge on any atom is 0.185 e. The molecular weight excluding hydrogens is 232 g/mol. The largest absolute Gasteiger partial charge is 0.351 e. The molecule has 1 heterocycles. The van der Waals surface area contributed by atoms with Gasteiger partial charge in [-0.15, -0.1) is 11.3 Å². The van der Waals surface area contributed by atoms with Gasteiger partial charge in [0.15, 0.2) is 5.13 Å². The molecule has 0 aliphatic rings. The van der Waals surface area contributed by atoms with Crippen molar-refractivity contribution in [3.63, 3.8) is 0 Å². The molecule has 0 bridgehead atoms. The zero-order valence-electron chi connectivity index (χ0n) is 11.5. The van der Waals surface area contributed by atoms with Crippen molar-refractivity contribution in [1.82, 2.24) is 15.2 Å². The molecule has 5 heteroatoms. The van der Waals surface area contributed by atoms with Crippen molar-refractivity contribution in [2.24, 2.45) is 0 Å². The highest BCUT2D eigenvalue weighted by atomic mass is 32.1. The Labute approximate surface area is 109 Å². The standard InChI is InChI=1S/C12H24N4S/c1-10(13-2)11-9-17-12(14-11)16(5)8-6-7-15(3)4/h9-10,13H,6-8H2,1-5H3. The molecule has 98 valence electrons. The maximum atomic E-state index is 4.65. The third-order valence-electron chi connectivity index (χ3n) is 2.81. The van der Waals surface area contributed by atoms with Crippen LogP contribution in [0.15, 0.2) is 5.38 Å². The van der Waals surface area contributed by atoms with Crippen molar-refractivity contribution in [2.75, 3.05) is 46.2 Å². The van der Waals surface area contributed by atoms with E-state index in [4.69, 9.17) is 0 Å². The van der Waals surface area contributed by atoms with Gasteiger partial charge in [-0.2, -0.15) is 0 Å². The second-order valence-corrected chi connectivity index (χ2v) is 5.48. The highest BCUT2D eigenvalue weighted by molar-refractivity contribution is 7.13. The van der Waals surface area contributed by atoms with E-state index in [1.807, 2.05) is 7.05 Å². The van der Waals surface area contributed by atoms with E-state index in [-0.39, 0.29) is 0 Å². The van der Waals surface area contributed by atoms with Gasteiger partial charge in [0.05, 0.1) is 5.69 Å². The molecule has 1 aromatic rings. The molecule has 0 amide bonds. The minimum Gasteiger partial charge on any atom is -0.351 e. The molecule has 1 aromatic heterocycles. The van der Waals surface area contributed by atoms with Gasteiger partial charge in [-0.05, 0) is 41.0 Å². The average molecular weight is 256 g/mol. The molecule has 1 unspecified atom stereocenters. The Morgan fingerprint density at radius 3 is 2.65 bits per heavy atom. The molecule has 0 saturated heterocycles. The molecular formula is C12H24N4S. The maximum absolute atomic E-state index is 4.65. The monoisotopic (exact) mass is 256 g/mol. The van der Waals surface area contributed by atoms with Crippen molar-refractivity contribution < 1.29 is 0 Å². The van der Waals surface area contributed by atoms with Crippen LogP contribution in [0.2, 0.25) is 0 Å². The van der Waals surface area contributed by atoms with E-state index in [2.05, 4.69) is 53.5 Å². The van der Waals surface area contributed by atoms with Crippen molar-refractivity contribution in [3.8, 4) is 0 Å². The number of hydrogen-bond acceptors (Lipinski definition) is 5. The molecule has 1 N–H and O–H groups in total. The van der Waals surface area contributed by atoms with Gasteiger partial charge in [-0.1, -0.05) is 0 Å². The van der Waals surface area contributed by atoms with Crippen molar-refractivity contribution in [1.29, 1.82) is 0 Å². The van der Waals surface area contributed by atoms with Crippen molar-refractivity contribution >= 4 is 16.5 Å². The number of nitrogens with zero attached hydrogens (tertiary/aromatic N) is 3. The van der Waals surface area contributed by atoms with Crippen LogP contribution in [0.5, 0.6) is 0 Å². The fourth-order valence-corrected chi connectivity index (χ4v) is 2.43. The van der Waals surface area contributed by atoms with Crippen molar-refractivity contribution in [2.45, 2.75) is 19.4 Å². The minimum atomic E-state index is 0.329. The van der Waals surface area contributed by atoms with E-state index in [0.29, 0.717) is 6.04 Å². The number of aromatic nitrogens is 1. The predicted octanol–water partition coefficient (Wildman–Crippen LogP) is 1.81. The molecule has 0 aliphatic carbocycles. The van der Waals surface area contributed by atoms with Crippen molar-refractivity contribution in [3.05, 3.63) is 11.1 Å². The van der Waals surface area contributed by atoms with Crippen LogP contribution >= 0.6 is 11.3 Å². The van der Waals surface area contributed by atoms with Crippen LogP contribution in [0.4, 0.5) is 5.13 Å². The number of thiazole rings is 1. The normalized spacial score (nSPS) is 13.1. The average Bonchev–Trinajstić information content (AvgIpc) is 2.76. The van der Waals surface area contributed by atoms with Gasteiger partial charge in [0.2, 0.25) is 0 Å². The third kappa shape index (κ3) is 4.61. The quantitative estimate of drug-likeness (QED) is 0.806. The summed E-state index contributed by atoms with van der Waals surface area (Å²) in [5.41, 5.74) is 1.13. The molecule has 1 atom stereocenters. The van der Waals surface area contributed by atoms with Gasteiger partial charge in [0.1, 0.15) is 0 Å². The molecule has 0 aromatic carbocycles. The molecule has 1 rings (SSSR count). The summed E-state index contributed by atoms with van der Waals surface area (Å²) in [6.45, 7) is 4.30. The summed E-state index contributed by atoms with van der Waals surface area (Å²) in [6, 6.07) is 0.329. The Bertz CT molecular complexity index is 324. The molecule has 17 heavy (non-hydrogen) atoms. The Balaban J connectivity index is 2.46. The summed E-state index contributed by atoms with van der Waals surface area (Å²) in [6.07, 6.45) is 1.17. The van der Waals surface area contributed by atoms with Gasteiger partial charge in [0.25, 0.3) is 0 Å². The second kappa shape index (κ2) is 6.93. The molecule has 0 saturated carbocycles. The van der Waals surface area contributed by atoms with E-state index in [9.17, 15) is 0 Å². The van der Waals surface area contributed by atoms with Crippen LogP contribution < -0.4 is 10.2 Å². The van der Waals surface area contributed by atoms with E-state index in [1.54, 1.807) is 11.3 Å². The molecule has 4 nitrogen and oxygen atoms in total. The zero-order chi connectivity index (χ0) is 12.8. The molecule has 0 aliphatic heterocycles. The topological polar surface area (TPSA) is 31.4 Å². The Hall–Kier alpha value is -0.650. The summed E-state index contributed by atoms with van der Waals surface area (Å²) in [7, 11) is 8.29. The summed E-state index contributed by atoms with van der Waals surface area (Å²) in [4.78, 5) is 9.10. The summed E-state index contributed by atoms with van der Waals surface area (Å²) in [5.74, 6) is 0. The highest BCUT2D eigenvalue weighted by Crippen LogP contribution is 2.23. The van der Waals surface area contributed by atoms with Crippen LogP contribution in [0, 0.1) is 0 Å². The van der Waals surface area contributed by atoms with Gasteiger partial charge < -0.3 is 15.1 Å². The summed E-state index contributed by atoms with van der Waals surface area (Å²) in [5, 5.41) is 6.46. The molecule has 0 spiro atoms. The predicted molar refractivity (Wildman–Crippen MR) is 76.0 cm³/mol. The van der Waals surface area contributed by atoms with Gasteiger partial charge in [0, 0.05) is 25.0 Å². The number of rotatable bonds is 7. The van der Waals surface area contributed by atoms with Gasteiger partial charge in [-0.3, -0.25) is 0 Å². The number of hydrogen-bond donors (Lipinski definition) is 1. The first-order valence-electron chi connectivity index (χ1n) is 6.03. The first-order valence-corrected chi connectivity index (χ1v) is 6.91. The zero-order valence-corrected chi connectivity index (χ0v) is 12.3. The number of nitrogens with one attached hydrogen (secondary N) is 1. The Morgan fingerprint density at radius 2 is 2.06 bits per heavy atom. The highest BCUT2D eigenvalue weighted by Gasteiger charge is 2.10. The van der Waals surface area contributed by atoms with E-state index < -0.39 is 0 Å². The minimum absolute atomic E-state index is 0.329. The lowest BCUT2D eigenvalue weighted by Gasteiger charge is -2.17. The first-order chi connectivity index (χ1) is 8.04. The summed E-state index contributed by atoms with van der Waals surface area (Å²) >= 11 is 1.72. The van der Waals surface area contributed by atoms with Crippen LogP contribution in [0.25, 0.3) is 0 Å². The van der Waals surface area contributed by atoms with E-state index in [0.717, 1.165) is 23.9 Å². The Kier molecular flexibility index (Phi) is 5.88. The fourth-order valence-electron chi connectivity index (χ4n) is 1.52. The van der Waals surface area contributed by atoms with Crippen LogP contribution in [0.1, 0.15) is 25.1 Å². The summed E-state index contributed by atoms with van der Waals surface area (Å²) < 4.78 is 0. The fraction of sp³-hybridized carbons (Fsp3) is 0.750. The molecule has 0 radical (unpaired) electrons. The lowest BCUT2D eigenvalue weighted by Crippen LogP contribution is -2.23.